The lowest BCUT2D eigenvalue weighted by Gasteiger charge is -2.07. The average Bonchev–Trinajstić information content (AvgIpc) is 3.17. The molecule has 1 amide bonds. The minimum absolute atomic E-state index is 0. The molecule has 21 heavy (non-hydrogen) atoms. The van der Waals surface area contributed by atoms with Crippen LogP contribution in [0.5, 0.6) is 0 Å². The van der Waals surface area contributed by atoms with Crippen LogP contribution in [0.1, 0.15) is 12.1 Å². The maximum Gasteiger partial charge on any atom is 0.226 e. The zero-order valence-electron chi connectivity index (χ0n) is 11.5. The Morgan fingerprint density at radius 1 is 1.38 bits per heavy atom. The van der Waals surface area contributed by atoms with Gasteiger partial charge in [0.2, 0.25) is 11.8 Å². The van der Waals surface area contributed by atoms with Gasteiger partial charge in [0.25, 0.3) is 0 Å². The summed E-state index contributed by atoms with van der Waals surface area (Å²) in [6, 6.07) is 9.71. The first-order chi connectivity index (χ1) is 9.83. The molecule has 1 aliphatic rings. The van der Waals surface area contributed by atoms with E-state index in [0.717, 1.165) is 30.8 Å². The van der Waals surface area contributed by atoms with E-state index in [-0.39, 0.29) is 24.2 Å². The Morgan fingerprint density at radius 2 is 2.19 bits per heavy atom. The van der Waals surface area contributed by atoms with Crippen LogP contribution < -0.4 is 10.6 Å². The molecule has 2 heterocycles. The average molecular weight is 308 g/mol. The summed E-state index contributed by atoms with van der Waals surface area (Å²) in [4.78, 5) is 16.3. The van der Waals surface area contributed by atoms with Gasteiger partial charge in [-0.05, 0) is 25.1 Å². The molecule has 0 spiro atoms. The summed E-state index contributed by atoms with van der Waals surface area (Å²) >= 11 is 0. The molecule has 1 aliphatic heterocycles. The maximum atomic E-state index is 11.9. The second-order valence-electron chi connectivity index (χ2n) is 4.92. The van der Waals surface area contributed by atoms with Crippen molar-refractivity contribution in [3.8, 4) is 11.5 Å². The molecule has 6 heteroatoms. The van der Waals surface area contributed by atoms with Crippen molar-refractivity contribution in [3.05, 3.63) is 42.3 Å². The molecule has 1 aromatic carbocycles. The largest absolute Gasteiger partial charge is 0.444 e. The number of hydrogen-bond donors (Lipinski definition) is 2. The third-order valence-electron chi connectivity index (χ3n) is 3.45. The number of halogens is 1. The van der Waals surface area contributed by atoms with Gasteiger partial charge in [-0.15, -0.1) is 12.4 Å². The molecular weight excluding hydrogens is 290 g/mol. The predicted molar refractivity (Wildman–Crippen MR) is 82.0 cm³/mol. The van der Waals surface area contributed by atoms with Gasteiger partial charge in [0, 0.05) is 12.1 Å². The molecule has 2 aromatic rings. The molecule has 5 nitrogen and oxygen atoms in total. The topological polar surface area (TPSA) is 67.2 Å². The molecule has 1 atom stereocenters. The summed E-state index contributed by atoms with van der Waals surface area (Å²) in [5.74, 6) is 0.743. The molecule has 1 fully saturated rings. The molecule has 0 saturated carbocycles. The molecule has 0 bridgehead atoms. The third kappa shape index (κ3) is 3.83. The van der Waals surface area contributed by atoms with E-state index in [1.54, 1.807) is 6.26 Å². The van der Waals surface area contributed by atoms with E-state index in [0.29, 0.717) is 12.4 Å². The summed E-state index contributed by atoms with van der Waals surface area (Å²) in [6.07, 6.45) is 2.50. The smallest absolute Gasteiger partial charge is 0.226 e. The molecule has 1 unspecified atom stereocenters. The molecule has 0 aliphatic carbocycles. The Bertz CT molecular complexity index is 580. The molecule has 0 radical (unpaired) electrons. The number of aromatic nitrogens is 1. The Hall–Kier alpha value is -1.85. The van der Waals surface area contributed by atoms with Crippen molar-refractivity contribution in [1.29, 1.82) is 0 Å². The maximum absolute atomic E-state index is 11.9. The fourth-order valence-corrected chi connectivity index (χ4v) is 2.30. The van der Waals surface area contributed by atoms with Crippen LogP contribution in [0.4, 0.5) is 0 Å². The third-order valence-corrected chi connectivity index (χ3v) is 3.45. The van der Waals surface area contributed by atoms with Crippen LogP contribution in [-0.4, -0.2) is 24.0 Å². The second-order valence-corrected chi connectivity index (χ2v) is 4.92. The molecular formula is C15H18ClN3O2. The molecule has 112 valence electrons. The molecule has 2 N–H and O–H groups in total. The van der Waals surface area contributed by atoms with Gasteiger partial charge in [-0.1, -0.05) is 18.2 Å². The highest BCUT2D eigenvalue weighted by Gasteiger charge is 2.22. The number of carbonyl (C=O) groups excluding carboxylic acids is 1. The highest BCUT2D eigenvalue weighted by atomic mass is 35.5. The Labute approximate surface area is 129 Å². The number of amides is 1. The van der Waals surface area contributed by atoms with Crippen molar-refractivity contribution < 1.29 is 9.21 Å². The zero-order valence-corrected chi connectivity index (χ0v) is 12.4. The van der Waals surface area contributed by atoms with Crippen molar-refractivity contribution >= 4 is 18.3 Å². The van der Waals surface area contributed by atoms with E-state index in [4.69, 9.17) is 4.42 Å². The summed E-state index contributed by atoms with van der Waals surface area (Å²) in [5, 5.41) is 6.09. The first-order valence-electron chi connectivity index (χ1n) is 6.81. The van der Waals surface area contributed by atoms with Gasteiger partial charge in [-0.25, -0.2) is 4.98 Å². The lowest BCUT2D eigenvalue weighted by Crippen LogP contribution is -2.31. The van der Waals surface area contributed by atoms with Gasteiger partial charge in [0.05, 0.1) is 18.2 Å². The van der Waals surface area contributed by atoms with Gasteiger partial charge in [-0.3, -0.25) is 4.79 Å². The summed E-state index contributed by atoms with van der Waals surface area (Å²) in [5.41, 5.74) is 1.67. The van der Waals surface area contributed by atoms with Crippen molar-refractivity contribution in [2.75, 3.05) is 13.1 Å². The van der Waals surface area contributed by atoms with Gasteiger partial charge in [0.1, 0.15) is 6.26 Å². The van der Waals surface area contributed by atoms with Crippen LogP contribution in [0, 0.1) is 5.92 Å². The number of oxazole rings is 1. The van der Waals surface area contributed by atoms with Crippen LogP contribution in [0.2, 0.25) is 0 Å². The molecule has 3 rings (SSSR count). The van der Waals surface area contributed by atoms with Gasteiger partial charge < -0.3 is 15.1 Å². The SMILES string of the molecule is Cl.O=C(NCc1coc(-c2ccccc2)n1)C1CCNC1. The highest BCUT2D eigenvalue weighted by Crippen LogP contribution is 2.17. The van der Waals surface area contributed by atoms with Gasteiger partial charge >= 0.3 is 0 Å². The number of nitrogens with zero attached hydrogens (tertiary/aromatic N) is 1. The van der Waals surface area contributed by atoms with Crippen molar-refractivity contribution in [2.24, 2.45) is 5.92 Å². The fourth-order valence-electron chi connectivity index (χ4n) is 2.30. The Balaban J connectivity index is 0.00000161. The number of hydrogen-bond acceptors (Lipinski definition) is 4. The van der Waals surface area contributed by atoms with Crippen molar-refractivity contribution in [1.82, 2.24) is 15.6 Å². The van der Waals surface area contributed by atoms with Crippen LogP contribution in [0.15, 0.2) is 41.0 Å². The number of carbonyl (C=O) groups is 1. The lowest BCUT2D eigenvalue weighted by atomic mass is 10.1. The lowest BCUT2D eigenvalue weighted by molar-refractivity contribution is -0.124. The standard InChI is InChI=1S/C15H17N3O2.ClH/c19-14(12-6-7-16-8-12)17-9-13-10-20-15(18-13)11-4-2-1-3-5-11;/h1-5,10,12,16H,6-9H2,(H,17,19);1H. The predicted octanol–water partition coefficient (Wildman–Crippen LogP) is 1.99. The van der Waals surface area contributed by atoms with E-state index >= 15 is 0 Å². The second kappa shape index (κ2) is 7.24. The zero-order chi connectivity index (χ0) is 13.8. The van der Waals surface area contributed by atoms with E-state index in [2.05, 4.69) is 15.6 Å². The first kappa shape index (κ1) is 15.5. The number of benzene rings is 1. The number of rotatable bonds is 4. The monoisotopic (exact) mass is 307 g/mol. The quantitative estimate of drug-likeness (QED) is 0.906. The van der Waals surface area contributed by atoms with Crippen LogP contribution >= 0.6 is 12.4 Å². The van der Waals surface area contributed by atoms with E-state index in [9.17, 15) is 4.79 Å². The molecule has 1 saturated heterocycles. The van der Waals surface area contributed by atoms with Crippen LogP contribution in [0.25, 0.3) is 11.5 Å². The highest BCUT2D eigenvalue weighted by molar-refractivity contribution is 5.85. The minimum Gasteiger partial charge on any atom is -0.444 e. The Kier molecular flexibility index (Phi) is 5.36. The minimum atomic E-state index is 0. The normalized spacial score (nSPS) is 17.2. The summed E-state index contributed by atoms with van der Waals surface area (Å²) in [7, 11) is 0. The van der Waals surface area contributed by atoms with Gasteiger partial charge in [-0.2, -0.15) is 0 Å². The van der Waals surface area contributed by atoms with E-state index < -0.39 is 0 Å². The van der Waals surface area contributed by atoms with Gasteiger partial charge in [0.15, 0.2) is 0 Å². The summed E-state index contributed by atoms with van der Waals surface area (Å²) in [6.45, 7) is 2.09. The van der Waals surface area contributed by atoms with Crippen LogP contribution in [-0.2, 0) is 11.3 Å². The van der Waals surface area contributed by atoms with Crippen LogP contribution in [0.3, 0.4) is 0 Å². The fraction of sp³-hybridized carbons (Fsp3) is 0.333. The van der Waals surface area contributed by atoms with E-state index in [1.165, 1.54) is 0 Å². The van der Waals surface area contributed by atoms with E-state index in [1.807, 2.05) is 30.3 Å². The molecule has 1 aromatic heterocycles. The Morgan fingerprint density at radius 3 is 2.90 bits per heavy atom. The first-order valence-corrected chi connectivity index (χ1v) is 6.81. The van der Waals surface area contributed by atoms with Crippen molar-refractivity contribution in [2.45, 2.75) is 13.0 Å². The van der Waals surface area contributed by atoms with Crippen molar-refractivity contribution in [3.63, 3.8) is 0 Å². The summed E-state index contributed by atoms with van der Waals surface area (Å²) < 4.78 is 5.43. The number of nitrogens with one attached hydrogen (secondary N) is 2.